The molecule has 0 aromatic heterocycles. The van der Waals surface area contributed by atoms with Gasteiger partial charge in [-0.15, -0.1) is 0 Å². The van der Waals surface area contributed by atoms with Crippen LogP contribution >= 0.6 is 0 Å². The number of nitrogens with one attached hydrogen (secondary N) is 1. The van der Waals surface area contributed by atoms with Crippen molar-refractivity contribution in [1.82, 2.24) is 5.32 Å². The molecule has 2 aliphatic heterocycles. The van der Waals surface area contributed by atoms with Crippen molar-refractivity contribution in [1.29, 1.82) is 0 Å². The van der Waals surface area contributed by atoms with Gasteiger partial charge in [-0.1, -0.05) is 48.5 Å². The van der Waals surface area contributed by atoms with Gasteiger partial charge in [0.25, 0.3) is 5.91 Å². The number of anilines is 1. The van der Waals surface area contributed by atoms with E-state index in [2.05, 4.69) is 5.32 Å². The maximum Gasteiger partial charge on any atom is 0.290 e. The van der Waals surface area contributed by atoms with Crippen LogP contribution in [0, 0.1) is 0 Å². The molecule has 2 aliphatic rings. The molecule has 1 saturated heterocycles. The number of carbonyl (C=O) groups excluding carboxylic acids is 2. The second-order valence-corrected chi connectivity index (χ2v) is 6.06. The number of hydrogen-bond donors (Lipinski definition) is 1. The van der Waals surface area contributed by atoms with Crippen molar-refractivity contribution in [2.45, 2.75) is 18.0 Å². The second kappa shape index (κ2) is 3.97. The minimum atomic E-state index is -0.934. The van der Waals surface area contributed by atoms with Crippen LogP contribution in [0.4, 0.5) is 5.69 Å². The van der Waals surface area contributed by atoms with Crippen LogP contribution in [-0.4, -0.2) is 18.7 Å². The Morgan fingerprint density at radius 2 is 1.59 bits per heavy atom. The van der Waals surface area contributed by atoms with E-state index in [1.165, 1.54) is 0 Å². The molecule has 4 nitrogen and oxygen atoms in total. The molecule has 0 bridgehead atoms. The predicted octanol–water partition coefficient (Wildman–Crippen LogP) is 1.95. The Balaban J connectivity index is 2.09. The highest BCUT2D eigenvalue weighted by Gasteiger charge is 2.69. The minimum Gasteiger partial charge on any atom is -0.347 e. The molecule has 2 aromatic rings. The first-order valence-electron chi connectivity index (χ1n) is 7.29. The maximum absolute atomic E-state index is 12.8. The van der Waals surface area contributed by atoms with Gasteiger partial charge in [0.2, 0.25) is 5.78 Å². The van der Waals surface area contributed by atoms with Gasteiger partial charge >= 0.3 is 0 Å². The van der Waals surface area contributed by atoms with E-state index in [1.54, 1.807) is 0 Å². The second-order valence-electron chi connectivity index (χ2n) is 6.06. The molecule has 2 aromatic carbocycles. The van der Waals surface area contributed by atoms with Crippen molar-refractivity contribution in [3.63, 3.8) is 0 Å². The Labute approximate surface area is 128 Å². The Morgan fingerprint density at radius 1 is 0.955 bits per heavy atom. The van der Waals surface area contributed by atoms with Crippen molar-refractivity contribution in [3.8, 4) is 0 Å². The molecule has 1 amide bonds. The van der Waals surface area contributed by atoms with Crippen LogP contribution in [0.15, 0.2) is 54.6 Å². The number of likely N-dealkylation sites (N-methyl/N-ethyl adjacent to an activating group) is 1. The third kappa shape index (κ3) is 1.20. The number of Topliss-reactive ketones (excluding diaryl/α,β-unsaturated/α-hetero) is 1. The molecule has 0 spiro atoms. The van der Waals surface area contributed by atoms with Crippen molar-refractivity contribution in [3.05, 3.63) is 65.7 Å². The minimum absolute atomic E-state index is 0.381. The Kier molecular flexibility index (Phi) is 2.36. The summed E-state index contributed by atoms with van der Waals surface area (Å²) in [4.78, 5) is 27.0. The highest BCUT2D eigenvalue weighted by Crippen LogP contribution is 2.57. The number of para-hydroxylation sites is 1. The summed E-state index contributed by atoms with van der Waals surface area (Å²) in [5.74, 6) is -0.902. The van der Waals surface area contributed by atoms with E-state index in [4.69, 9.17) is 0 Å². The quantitative estimate of drug-likeness (QED) is 0.817. The monoisotopic (exact) mass is 292 g/mol. The molecular weight excluding hydrogens is 276 g/mol. The summed E-state index contributed by atoms with van der Waals surface area (Å²) in [7, 11) is 1.93. The fourth-order valence-corrected chi connectivity index (χ4v) is 4.08. The highest BCUT2D eigenvalue weighted by atomic mass is 16.2. The third-order valence-electron chi connectivity index (χ3n) is 5.18. The van der Waals surface area contributed by atoms with Crippen LogP contribution in [0.25, 0.3) is 0 Å². The molecular formula is C18H16N2O2. The van der Waals surface area contributed by atoms with Crippen LogP contribution in [0.1, 0.15) is 18.1 Å². The van der Waals surface area contributed by atoms with Crippen LogP contribution in [0.5, 0.6) is 0 Å². The van der Waals surface area contributed by atoms with Crippen molar-refractivity contribution in [2.24, 2.45) is 0 Å². The first kappa shape index (κ1) is 13.1. The van der Waals surface area contributed by atoms with Gasteiger partial charge in [-0.2, -0.15) is 0 Å². The zero-order valence-corrected chi connectivity index (χ0v) is 12.5. The summed E-state index contributed by atoms with van der Waals surface area (Å²) in [6.07, 6.45) is 0. The summed E-state index contributed by atoms with van der Waals surface area (Å²) in [5.41, 5.74) is 0.977. The fourth-order valence-electron chi connectivity index (χ4n) is 4.08. The standard InChI is InChI=1S/C18H16N2O2/c1-17-13-10-6-7-11-14(13)20(2)18(17,19-16(22)15(17)21)12-8-4-3-5-9-12/h3-11H,1-2H3,(H,19,22)/t17-,18+/m0/s1. The molecule has 0 unspecified atom stereocenters. The Bertz CT molecular complexity index is 802. The number of amides is 1. The first-order chi connectivity index (χ1) is 10.5. The van der Waals surface area contributed by atoms with Crippen molar-refractivity contribution >= 4 is 17.4 Å². The molecule has 22 heavy (non-hydrogen) atoms. The number of fused-ring (bicyclic) bond motifs is 3. The van der Waals surface area contributed by atoms with Crippen LogP contribution < -0.4 is 10.2 Å². The first-order valence-corrected chi connectivity index (χ1v) is 7.29. The lowest BCUT2D eigenvalue weighted by Gasteiger charge is -2.41. The molecule has 110 valence electrons. The number of nitrogens with zero attached hydrogens (tertiary/aromatic N) is 1. The highest BCUT2D eigenvalue weighted by molar-refractivity contribution is 6.43. The molecule has 1 N–H and O–H groups in total. The molecule has 0 radical (unpaired) electrons. The summed E-state index contributed by atoms with van der Waals surface area (Å²) in [6, 6.07) is 17.5. The molecule has 0 aliphatic carbocycles. The average molecular weight is 292 g/mol. The SMILES string of the molecule is CN1c2ccccc2[C@@]2(C)C(=O)C(=O)N[C@]12c1ccccc1. The molecule has 4 heteroatoms. The van der Waals surface area contributed by atoms with E-state index in [1.807, 2.05) is 73.5 Å². The molecule has 2 heterocycles. The number of carbonyl (C=O) groups is 2. The van der Waals surface area contributed by atoms with Gasteiger partial charge in [0.1, 0.15) is 5.41 Å². The number of rotatable bonds is 1. The molecule has 4 rings (SSSR count). The van der Waals surface area contributed by atoms with Crippen LogP contribution in [0.3, 0.4) is 0 Å². The molecule has 2 atom stereocenters. The van der Waals surface area contributed by atoms with Crippen LogP contribution in [0.2, 0.25) is 0 Å². The zero-order chi connectivity index (χ0) is 15.5. The number of hydrogen-bond acceptors (Lipinski definition) is 3. The van der Waals surface area contributed by atoms with E-state index in [0.717, 1.165) is 16.8 Å². The van der Waals surface area contributed by atoms with Crippen LogP contribution in [-0.2, 0) is 20.7 Å². The molecule has 1 fully saturated rings. The summed E-state index contributed by atoms with van der Waals surface area (Å²) >= 11 is 0. The van der Waals surface area contributed by atoms with Gasteiger partial charge in [-0.05, 0) is 24.1 Å². The third-order valence-corrected chi connectivity index (χ3v) is 5.18. The van der Waals surface area contributed by atoms with Gasteiger partial charge in [0.15, 0.2) is 5.66 Å². The van der Waals surface area contributed by atoms with Gasteiger partial charge in [0, 0.05) is 12.7 Å². The lowest BCUT2D eigenvalue weighted by molar-refractivity contribution is -0.137. The van der Waals surface area contributed by atoms with Gasteiger partial charge in [0.05, 0.1) is 0 Å². The smallest absolute Gasteiger partial charge is 0.290 e. The van der Waals surface area contributed by atoms with Gasteiger partial charge < -0.3 is 10.2 Å². The lowest BCUT2D eigenvalue weighted by Crippen LogP contribution is -2.58. The van der Waals surface area contributed by atoms with Gasteiger partial charge in [-0.25, -0.2) is 0 Å². The van der Waals surface area contributed by atoms with Crippen molar-refractivity contribution < 1.29 is 9.59 Å². The van der Waals surface area contributed by atoms with Gasteiger partial charge in [-0.3, -0.25) is 9.59 Å². The summed E-state index contributed by atoms with van der Waals surface area (Å²) in [5, 5.41) is 2.97. The molecule has 0 saturated carbocycles. The number of ketones is 1. The van der Waals surface area contributed by atoms with E-state index < -0.39 is 17.0 Å². The van der Waals surface area contributed by atoms with E-state index >= 15 is 0 Å². The summed E-state index contributed by atoms with van der Waals surface area (Å²) < 4.78 is 0. The average Bonchev–Trinajstić information content (AvgIpc) is 2.89. The Morgan fingerprint density at radius 3 is 2.32 bits per heavy atom. The van der Waals surface area contributed by atoms with E-state index in [0.29, 0.717) is 0 Å². The largest absolute Gasteiger partial charge is 0.347 e. The lowest BCUT2D eigenvalue weighted by atomic mass is 9.71. The zero-order valence-electron chi connectivity index (χ0n) is 12.5. The normalized spacial score (nSPS) is 29.3. The number of benzene rings is 2. The van der Waals surface area contributed by atoms with E-state index in [9.17, 15) is 9.59 Å². The fraction of sp³-hybridized carbons (Fsp3) is 0.222. The topological polar surface area (TPSA) is 49.4 Å². The van der Waals surface area contributed by atoms with E-state index in [-0.39, 0.29) is 5.78 Å². The predicted molar refractivity (Wildman–Crippen MR) is 83.5 cm³/mol. The Hall–Kier alpha value is -2.62. The maximum atomic E-state index is 12.8. The summed E-state index contributed by atoms with van der Waals surface area (Å²) in [6.45, 7) is 1.86. The van der Waals surface area contributed by atoms with Crippen molar-refractivity contribution in [2.75, 3.05) is 11.9 Å².